The lowest BCUT2D eigenvalue weighted by Gasteiger charge is -2.19. The molecule has 3 rings (SSSR count). The van der Waals surface area contributed by atoms with Crippen LogP contribution in [0.4, 0.5) is 5.13 Å². The predicted octanol–water partition coefficient (Wildman–Crippen LogP) is 5.15. The van der Waals surface area contributed by atoms with Crippen LogP contribution in [0.25, 0.3) is 0 Å². The SMILES string of the molecule is CC(C)(C)c1ccc(OCC(=O)Nc2nnc(SCc3ccccc3)s2)cc1. The number of hydrogen-bond acceptors (Lipinski definition) is 6. The molecule has 1 N–H and O–H groups in total. The van der Waals surface area contributed by atoms with Gasteiger partial charge in [-0.05, 0) is 28.7 Å². The predicted molar refractivity (Wildman–Crippen MR) is 115 cm³/mol. The van der Waals surface area contributed by atoms with Crippen LogP contribution in [-0.4, -0.2) is 22.7 Å². The number of amides is 1. The van der Waals surface area contributed by atoms with E-state index in [0.717, 1.165) is 10.1 Å². The summed E-state index contributed by atoms with van der Waals surface area (Å²) in [5.74, 6) is 1.23. The molecule has 0 saturated heterocycles. The van der Waals surface area contributed by atoms with Crippen LogP contribution in [-0.2, 0) is 16.0 Å². The molecule has 0 aliphatic carbocycles. The van der Waals surface area contributed by atoms with E-state index in [1.54, 1.807) is 11.8 Å². The Labute approximate surface area is 173 Å². The highest BCUT2D eigenvalue weighted by Gasteiger charge is 2.13. The second kappa shape index (κ2) is 9.21. The molecular formula is C21H23N3O2S2. The van der Waals surface area contributed by atoms with Crippen molar-refractivity contribution in [3.8, 4) is 5.75 Å². The quantitative estimate of drug-likeness (QED) is 0.429. The van der Waals surface area contributed by atoms with Crippen molar-refractivity contribution in [3.63, 3.8) is 0 Å². The van der Waals surface area contributed by atoms with Gasteiger partial charge in [-0.15, -0.1) is 10.2 Å². The molecule has 1 aromatic heterocycles. The van der Waals surface area contributed by atoms with Crippen molar-refractivity contribution in [2.24, 2.45) is 0 Å². The molecule has 5 nitrogen and oxygen atoms in total. The number of hydrogen-bond donors (Lipinski definition) is 1. The average molecular weight is 414 g/mol. The van der Waals surface area contributed by atoms with Crippen molar-refractivity contribution in [3.05, 3.63) is 65.7 Å². The fraction of sp³-hybridized carbons (Fsp3) is 0.286. The number of ether oxygens (including phenoxy) is 1. The molecule has 0 saturated carbocycles. The minimum atomic E-state index is -0.254. The Kier molecular flexibility index (Phi) is 6.70. The molecule has 0 aliphatic heterocycles. The monoisotopic (exact) mass is 413 g/mol. The highest BCUT2D eigenvalue weighted by Crippen LogP contribution is 2.28. The Morgan fingerprint density at radius 3 is 2.46 bits per heavy atom. The first-order chi connectivity index (χ1) is 13.4. The summed E-state index contributed by atoms with van der Waals surface area (Å²) in [4.78, 5) is 12.1. The molecule has 0 aliphatic rings. The zero-order valence-corrected chi connectivity index (χ0v) is 17.8. The summed E-state index contributed by atoms with van der Waals surface area (Å²) >= 11 is 2.96. The van der Waals surface area contributed by atoms with Crippen molar-refractivity contribution in [2.45, 2.75) is 36.3 Å². The van der Waals surface area contributed by atoms with Crippen LogP contribution >= 0.6 is 23.1 Å². The Morgan fingerprint density at radius 1 is 1.07 bits per heavy atom. The summed E-state index contributed by atoms with van der Waals surface area (Å²) in [6.45, 7) is 6.40. The molecule has 146 valence electrons. The number of carbonyl (C=O) groups is 1. The van der Waals surface area contributed by atoms with Gasteiger partial charge in [0.1, 0.15) is 5.75 Å². The first-order valence-electron chi connectivity index (χ1n) is 8.93. The summed E-state index contributed by atoms with van der Waals surface area (Å²) in [5.41, 5.74) is 2.53. The third-order valence-electron chi connectivity index (χ3n) is 3.95. The molecule has 0 atom stereocenters. The molecule has 0 unspecified atom stereocenters. The van der Waals surface area contributed by atoms with Crippen LogP contribution in [0, 0.1) is 0 Å². The van der Waals surface area contributed by atoms with Gasteiger partial charge in [0.25, 0.3) is 5.91 Å². The van der Waals surface area contributed by atoms with Gasteiger partial charge in [-0.2, -0.15) is 0 Å². The van der Waals surface area contributed by atoms with Crippen molar-refractivity contribution in [1.82, 2.24) is 10.2 Å². The minimum absolute atomic E-state index is 0.0685. The van der Waals surface area contributed by atoms with E-state index in [9.17, 15) is 4.79 Å². The lowest BCUT2D eigenvalue weighted by atomic mass is 9.87. The smallest absolute Gasteiger partial charge is 0.264 e. The lowest BCUT2D eigenvalue weighted by molar-refractivity contribution is -0.118. The molecule has 1 heterocycles. The summed E-state index contributed by atoms with van der Waals surface area (Å²) in [7, 11) is 0. The second-order valence-electron chi connectivity index (χ2n) is 7.26. The summed E-state index contributed by atoms with van der Waals surface area (Å²) in [5, 5.41) is 11.3. The maximum absolute atomic E-state index is 12.1. The number of thioether (sulfide) groups is 1. The van der Waals surface area contributed by atoms with E-state index in [1.165, 1.54) is 22.5 Å². The van der Waals surface area contributed by atoms with Gasteiger partial charge in [-0.3, -0.25) is 10.1 Å². The molecule has 0 spiro atoms. The number of nitrogens with zero attached hydrogens (tertiary/aromatic N) is 2. The van der Waals surface area contributed by atoms with Crippen LogP contribution in [0.3, 0.4) is 0 Å². The van der Waals surface area contributed by atoms with Gasteiger partial charge in [0, 0.05) is 5.75 Å². The van der Waals surface area contributed by atoms with E-state index >= 15 is 0 Å². The molecule has 2 aromatic carbocycles. The summed E-state index contributed by atoms with van der Waals surface area (Å²) in [6, 6.07) is 18.0. The number of aromatic nitrogens is 2. The third kappa shape index (κ3) is 6.07. The van der Waals surface area contributed by atoms with E-state index < -0.39 is 0 Å². The number of rotatable bonds is 7. The molecule has 0 radical (unpaired) electrons. The first kappa shape index (κ1) is 20.4. The largest absolute Gasteiger partial charge is 0.484 e. The molecule has 28 heavy (non-hydrogen) atoms. The Bertz CT molecular complexity index is 903. The van der Waals surface area contributed by atoms with E-state index in [1.807, 2.05) is 42.5 Å². The maximum Gasteiger partial charge on any atom is 0.264 e. The molecule has 7 heteroatoms. The minimum Gasteiger partial charge on any atom is -0.484 e. The van der Waals surface area contributed by atoms with Crippen LogP contribution in [0.1, 0.15) is 31.9 Å². The normalized spacial score (nSPS) is 11.2. The summed E-state index contributed by atoms with van der Waals surface area (Å²) < 4.78 is 6.38. The van der Waals surface area contributed by atoms with Gasteiger partial charge >= 0.3 is 0 Å². The standard InChI is InChI=1S/C21H23N3O2S2/c1-21(2,3)16-9-11-17(12-10-16)26-13-18(25)22-19-23-24-20(28-19)27-14-15-7-5-4-6-8-15/h4-12H,13-14H2,1-3H3,(H,22,23,25). The van der Waals surface area contributed by atoms with Gasteiger partial charge < -0.3 is 4.74 Å². The number of carbonyl (C=O) groups excluding carboxylic acids is 1. The zero-order valence-electron chi connectivity index (χ0n) is 16.1. The van der Waals surface area contributed by atoms with Crippen molar-refractivity contribution in [2.75, 3.05) is 11.9 Å². The Morgan fingerprint density at radius 2 is 1.79 bits per heavy atom. The first-order valence-corrected chi connectivity index (χ1v) is 10.7. The van der Waals surface area contributed by atoms with E-state index in [-0.39, 0.29) is 17.9 Å². The highest BCUT2D eigenvalue weighted by atomic mass is 32.2. The van der Waals surface area contributed by atoms with Gasteiger partial charge in [-0.25, -0.2) is 0 Å². The maximum atomic E-state index is 12.1. The Balaban J connectivity index is 1.45. The van der Waals surface area contributed by atoms with Crippen molar-refractivity contribution in [1.29, 1.82) is 0 Å². The fourth-order valence-electron chi connectivity index (χ4n) is 2.39. The molecule has 1 amide bonds. The van der Waals surface area contributed by atoms with Crippen LogP contribution in [0.15, 0.2) is 58.9 Å². The number of anilines is 1. The molecule has 3 aromatic rings. The van der Waals surface area contributed by atoms with Crippen LogP contribution in [0.2, 0.25) is 0 Å². The highest BCUT2D eigenvalue weighted by molar-refractivity contribution is 8.00. The van der Waals surface area contributed by atoms with Crippen LogP contribution < -0.4 is 10.1 Å². The third-order valence-corrected chi connectivity index (χ3v) is 5.99. The van der Waals surface area contributed by atoms with Crippen molar-refractivity contribution >= 4 is 34.1 Å². The van der Waals surface area contributed by atoms with Gasteiger partial charge in [0.2, 0.25) is 5.13 Å². The van der Waals surface area contributed by atoms with Gasteiger partial charge in [0.05, 0.1) is 0 Å². The summed E-state index contributed by atoms with van der Waals surface area (Å²) in [6.07, 6.45) is 0. The van der Waals surface area contributed by atoms with E-state index in [4.69, 9.17) is 4.74 Å². The lowest BCUT2D eigenvalue weighted by Crippen LogP contribution is -2.20. The zero-order chi connectivity index (χ0) is 20.0. The van der Waals surface area contributed by atoms with Gasteiger partial charge in [-0.1, -0.05) is 86.3 Å². The average Bonchev–Trinajstić information content (AvgIpc) is 3.12. The molecular weight excluding hydrogens is 390 g/mol. The van der Waals surface area contributed by atoms with Crippen LogP contribution in [0.5, 0.6) is 5.75 Å². The second-order valence-corrected chi connectivity index (χ2v) is 9.46. The van der Waals surface area contributed by atoms with E-state index in [2.05, 4.69) is 48.4 Å². The molecule has 0 bridgehead atoms. The van der Waals surface area contributed by atoms with E-state index in [0.29, 0.717) is 10.9 Å². The number of benzene rings is 2. The van der Waals surface area contributed by atoms with Crippen molar-refractivity contribution < 1.29 is 9.53 Å². The fourth-order valence-corrected chi connectivity index (χ4v) is 4.12. The van der Waals surface area contributed by atoms with Gasteiger partial charge in [0.15, 0.2) is 10.9 Å². The molecule has 0 fully saturated rings. The number of nitrogens with one attached hydrogen (secondary N) is 1. The Hall–Kier alpha value is -2.38. The topological polar surface area (TPSA) is 64.1 Å².